The number of aliphatic carboxylic acids is 1. The van der Waals surface area contributed by atoms with Gasteiger partial charge in [0.25, 0.3) is 11.5 Å². The van der Waals surface area contributed by atoms with Gasteiger partial charge in [-0.25, -0.2) is 24.5 Å². The summed E-state index contributed by atoms with van der Waals surface area (Å²) in [5.74, 6) is -3.09. The molecule has 3 amide bonds. The topological polar surface area (TPSA) is 215 Å². The number of nitrogens with one attached hydrogen (secondary N) is 3. The fraction of sp³-hybridized carbons (Fsp3) is 0.474. The van der Waals surface area contributed by atoms with Gasteiger partial charge in [0.15, 0.2) is 5.65 Å². The van der Waals surface area contributed by atoms with Crippen molar-refractivity contribution in [2.45, 2.75) is 50.4 Å². The lowest BCUT2D eigenvalue weighted by molar-refractivity contribution is -0.163. The van der Waals surface area contributed by atoms with E-state index in [4.69, 9.17) is 4.74 Å². The highest BCUT2D eigenvalue weighted by atomic mass is 32.2. The van der Waals surface area contributed by atoms with Gasteiger partial charge < -0.3 is 19.3 Å². The quantitative estimate of drug-likeness (QED) is 0.186. The average Bonchev–Trinajstić information content (AvgIpc) is 3.22. The number of carboxylic acids is 1. The van der Waals surface area contributed by atoms with Crippen LogP contribution in [0.3, 0.4) is 0 Å². The summed E-state index contributed by atoms with van der Waals surface area (Å²) in [5.41, 5.74) is 3.90. The molecular formula is C19H23N6O9S-. The van der Waals surface area contributed by atoms with E-state index < -0.39 is 64.0 Å². The van der Waals surface area contributed by atoms with Gasteiger partial charge >= 0.3 is 12.1 Å². The zero-order chi connectivity index (χ0) is 26.1. The van der Waals surface area contributed by atoms with Crippen LogP contribution in [0.5, 0.6) is 0 Å². The van der Waals surface area contributed by atoms with E-state index in [0.717, 1.165) is 22.4 Å². The maximum Gasteiger partial charge on any atom is 0.426 e. The third-order valence-corrected chi connectivity index (χ3v) is 6.76. The van der Waals surface area contributed by atoms with E-state index in [1.165, 1.54) is 0 Å². The van der Waals surface area contributed by atoms with Gasteiger partial charge in [-0.15, -0.1) is 0 Å². The highest BCUT2D eigenvalue weighted by Gasteiger charge is 2.52. The SMILES string of the molecule is CCc1c[nH]n2c(=O)cc(C(=O)NNC(=O)OC[C@@](C)([C@H](C(=O)O)N3C(=O)C[C@H]3C)S(=O)[O-])nc12. The maximum atomic E-state index is 12.4. The van der Waals surface area contributed by atoms with Crippen molar-refractivity contribution in [2.75, 3.05) is 6.61 Å². The van der Waals surface area contributed by atoms with Crippen molar-refractivity contribution in [1.29, 1.82) is 0 Å². The van der Waals surface area contributed by atoms with Crippen molar-refractivity contribution in [1.82, 2.24) is 30.3 Å². The summed E-state index contributed by atoms with van der Waals surface area (Å²) < 4.78 is 27.7. The summed E-state index contributed by atoms with van der Waals surface area (Å²) in [6, 6.07) is -1.38. The molecule has 0 spiro atoms. The predicted molar refractivity (Wildman–Crippen MR) is 117 cm³/mol. The number of hydrazine groups is 1. The van der Waals surface area contributed by atoms with Crippen molar-refractivity contribution in [3.63, 3.8) is 0 Å². The molecule has 1 aliphatic heterocycles. The minimum Gasteiger partial charge on any atom is -0.772 e. The number of rotatable bonds is 8. The van der Waals surface area contributed by atoms with E-state index in [0.29, 0.717) is 12.0 Å². The number of nitrogens with zero attached hydrogens (tertiary/aromatic N) is 3. The number of likely N-dealkylation sites (tertiary alicyclic amines) is 1. The van der Waals surface area contributed by atoms with E-state index in [-0.39, 0.29) is 17.8 Å². The van der Waals surface area contributed by atoms with E-state index >= 15 is 0 Å². The van der Waals surface area contributed by atoms with Crippen LogP contribution in [0, 0.1) is 0 Å². The number of carboxylic acid groups (broad SMARTS) is 1. The van der Waals surface area contributed by atoms with Gasteiger partial charge in [0, 0.05) is 30.3 Å². The molecule has 0 aromatic carbocycles. The van der Waals surface area contributed by atoms with Crippen molar-refractivity contribution in [3.05, 3.63) is 33.9 Å². The normalized spacial score (nSPS) is 18.8. The molecule has 16 heteroatoms. The molecule has 0 radical (unpaired) electrons. The predicted octanol–water partition coefficient (Wildman–Crippen LogP) is -1.33. The van der Waals surface area contributed by atoms with Gasteiger partial charge in [0.1, 0.15) is 18.3 Å². The number of H-pyrrole nitrogens is 1. The minimum atomic E-state index is -3.08. The summed E-state index contributed by atoms with van der Waals surface area (Å²) in [7, 11) is 0. The number of aryl methyl sites for hydroxylation is 1. The summed E-state index contributed by atoms with van der Waals surface area (Å²) in [6.07, 6.45) is 0.853. The smallest absolute Gasteiger partial charge is 0.426 e. The summed E-state index contributed by atoms with van der Waals surface area (Å²) >= 11 is -3.08. The van der Waals surface area contributed by atoms with Gasteiger partial charge in [-0.05, 0) is 31.3 Å². The van der Waals surface area contributed by atoms with Gasteiger partial charge in [0.05, 0.1) is 4.75 Å². The molecule has 35 heavy (non-hydrogen) atoms. The van der Waals surface area contributed by atoms with E-state index in [9.17, 15) is 37.8 Å². The van der Waals surface area contributed by atoms with Crippen LogP contribution in [0.25, 0.3) is 5.65 Å². The molecule has 3 rings (SSSR count). The molecule has 0 bridgehead atoms. The van der Waals surface area contributed by atoms with Crippen LogP contribution in [0.2, 0.25) is 0 Å². The molecule has 0 aliphatic carbocycles. The third kappa shape index (κ3) is 4.88. The second-order valence-corrected chi connectivity index (χ2v) is 9.49. The molecule has 1 unspecified atom stereocenters. The molecule has 15 nitrogen and oxygen atoms in total. The summed E-state index contributed by atoms with van der Waals surface area (Å²) in [4.78, 5) is 65.3. The lowest BCUT2D eigenvalue weighted by atomic mass is 9.92. The number of ether oxygens (including phenoxy) is 1. The molecule has 3 heterocycles. The number of fused-ring (bicyclic) bond motifs is 1. The van der Waals surface area contributed by atoms with Crippen LogP contribution in [0.15, 0.2) is 17.1 Å². The number of β-lactam (4-membered cyclic amide) rings is 1. The first-order valence-electron chi connectivity index (χ1n) is 10.4. The Kier molecular flexibility index (Phi) is 7.25. The Labute approximate surface area is 200 Å². The Bertz CT molecular complexity index is 1270. The molecular weight excluding hydrogens is 488 g/mol. The van der Waals surface area contributed by atoms with Crippen LogP contribution in [-0.4, -0.2) is 80.7 Å². The number of carbonyl (C=O) groups is 4. The van der Waals surface area contributed by atoms with Gasteiger partial charge in [-0.2, -0.15) is 0 Å². The highest BCUT2D eigenvalue weighted by molar-refractivity contribution is 7.80. The highest BCUT2D eigenvalue weighted by Crippen LogP contribution is 2.31. The molecule has 0 saturated carbocycles. The fourth-order valence-corrected chi connectivity index (χ4v) is 4.26. The molecule has 4 atom stereocenters. The third-order valence-electron chi connectivity index (χ3n) is 5.66. The molecule has 4 N–H and O–H groups in total. The molecule has 1 fully saturated rings. The zero-order valence-electron chi connectivity index (χ0n) is 18.9. The molecule has 190 valence electrons. The van der Waals surface area contributed by atoms with Crippen molar-refractivity contribution in [2.24, 2.45) is 0 Å². The second kappa shape index (κ2) is 9.83. The second-order valence-electron chi connectivity index (χ2n) is 8.09. The zero-order valence-corrected chi connectivity index (χ0v) is 19.7. The Hall–Kier alpha value is -3.79. The van der Waals surface area contributed by atoms with E-state index in [1.54, 1.807) is 13.1 Å². The Morgan fingerprint density at radius 1 is 1.40 bits per heavy atom. The molecule has 2 aromatic heterocycles. The molecule has 1 aliphatic rings. The lowest BCUT2D eigenvalue weighted by Gasteiger charge is -2.49. The number of carbonyl (C=O) groups excluding carboxylic acids is 3. The largest absolute Gasteiger partial charge is 0.772 e. The van der Waals surface area contributed by atoms with Crippen molar-refractivity contribution >= 4 is 40.6 Å². The first-order chi connectivity index (χ1) is 16.4. The van der Waals surface area contributed by atoms with Gasteiger partial charge in [-0.3, -0.25) is 29.1 Å². The maximum absolute atomic E-state index is 12.4. The van der Waals surface area contributed by atoms with Crippen LogP contribution in [-0.2, 0) is 31.8 Å². The Morgan fingerprint density at radius 3 is 2.63 bits per heavy atom. The van der Waals surface area contributed by atoms with E-state index in [2.05, 4.69) is 10.1 Å². The number of hydrogen-bond donors (Lipinski definition) is 4. The minimum absolute atomic E-state index is 0.0602. The van der Waals surface area contributed by atoms with Crippen LogP contribution in [0.4, 0.5) is 4.79 Å². The van der Waals surface area contributed by atoms with E-state index in [1.807, 2.05) is 17.8 Å². The van der Waals surface area contributed by atoms with Crippen LogP contribution in [0.1, 0.15) is 43.2 Å². The van der Waals surface area contributed by atoms with Crippen molar-refractivity contribution < 1.29 is 37.8 Å². The van der Waals surface area contributed by atoms with Gasteiger partial charge in [-0.1, -0.05) is 6.92 Å². The van der Waals surface area contributed by atoms with Gasteiger partial charge in [0.2, 0.25) is 5.91 Å². The Morgan fingerprint density at radius 2 is 2.09 bits per heavy atom. The number of aromatic nitrogens is 3. The standard InChI is InChI=1S/C19H24N6O9S/c1-4-10-7-20-25-13(27)6-11(21-15(10)25)16(28)22-23-18(31)34-8-19(3,35(32)33)14(17(29)30)24-9(2)5-12(24)26/h6-7,9,14,20H,4-5,8H2,1-3H3,(H,22,28)(H,23,31)(H,29,30)(H,32,33)/p-1/t9-,14+,19+/m1/s1. The van der Waals surface area contributed by atoms with Crippen molar-refractivity contribution in [3.8, 4) is 0 Å². The number of hydrogen-bond acceptors (Lipinski definition) is 9. The molecule has 1 saturated heterocycles. The number of aromatic amines is 1. The number of amides is 3. The monoisotopic (exact) mass is 511 g/mol. The summed E-state index contributed by atoms with van der Waals surface area (Å²) in [5, 5.41) is 12.3. The molecule has 2 aromatic rings. The Balaban J connectivity index is 1.67. The lowest BCUT2D eigenvalue weighted by Crippen LogP contribution is -2.68. The van der Waals surface area contributed by atoms with Crippen LogP contribution < -0.4 is 16.4 Å². The first kappa shape index (κ1) is 25.8. The fourth-order valence-electron chi connectivity index (χ4n) is 3.70. The summed E-state index contributed by atoms with van der Waals surface area (Å²) in [6.45, 7) is 3.47. The van der Waals surface area contributed by atoms with Crippen LogP contribution >= 0.6 is 0 Å². The average molecular weight is 511 g/mol. The first-order valence-corrected chi connectivity index (χ1v) is 11.4.